The Bertz CT molecular complexity index is 1530. The molecule has 37 heavy (non-hydrogen) atoms. The highest BCUT2D eigenvalue weighted by Gasteiger charge is 2.51. The lowest BCUT2D eigenvalue weighted by molar-refractivity contribution is 0.0769. The van der Waals surface area contributed by atoms with Crippen molar-refractivity contribution in [3.63, 3.8) is 0 Å². The number of ketones is 1. The van der Waals surface area contributed by atoms with E-state index in [4.69, 9.17) is 5.41 Å². The molecule has 1 aromatic carbocycles. The molecule has 190 valence electrons. The van der Waals surface area contributed by atoms with Crippen LogP contribution < -0.4 is 5.32 Å². The van der Waals surface area contributed by atoms with E-state index in [1.807, 2.05) is 6.08 Å². The van der Waals surface area contributed by atoms with Crippen LogP contribution in [0.15, 0.2) is 88.9 Å². The number of sulfonamides is 1. The van der Waals surface area contributed by atoms with E-state index in [9.17, 15) is 17.6 Å². The first-order valence-corrected chi connectivity index (χ1v) is 13.1. The highest BCUT2D eigenvalue weighted by atomic mass is 32.2. The maximum Gasteiger partial charge on any atom is 0.262 e. The monoisotopic (exact) mass is 520 g/mol. The van der Waals surface area contributed by atoms with Crippen LogP contribution in [0.4, 0.5) is 10.1 Å². The summed E-state index contributed by atoms with van der Waals surface area (Å²) in [6.45, 7) is 0.0695. The van der Waals surface area contributed by atoms with Gasteiger partial charge in [-0.2, -0.15) is 9.40 Å². The van der Waals surface area contributed by atoms with Crippen LogP contribution in [-0.4, -0.2) is 52.6 Å². The second-order valence-corrected chi connectivity index (χ2v) is 11.0. The van der Waals surface area contributed by atoms with Crippen LogP contribution in [0.1, 0.15) is 23.3 Å². The number of rotatable bonds is 7. The average molecular weight is 521 g/mol. The number of aryl methyl sites for hydroxylation is 1. The Morgan fingerprint density at radius 2 is 1.97 bits per heavy atom. The minimum absolute atomic E-state index is 0.0832. The molecule has 0 unspecified atom stereocenters. The van der Waals surface area contributed by atoms with Crippen molar-refractivity contribution in [2.24, 2.45) is 12.5 Å². The summed E-state index contributed by atoms with van der Waals surface area (Å²) in [5, 5.41) is 15.3. The molecule has 1 saturated heterocycles. The van der Waals surface area contributed by atoms with E-state index in [0.717, 1.165) is 5.57 Å². The fourth-order valence-corrected chi connectivity index (χ4v) is 6.33. The van der Waals surface area contributed by atoms with E-state index >= 15 is 0 Å². The summed E-state index contributed by atoms with van der Waals surface area (Å²) in [5.41, 5.74) is 1.51. The van der Waals surface area contributed by atoms with Gasteiger partial charge in [0.25, 0.3) is 10.0 Å². The number of hydrogen-bond donors (Lipinski definition) is 2. The van der Waals surface area contributed by atoms with E-state index in [-0.39, 0.29) is 41.8 Å². The number of allylic oxidation sites excluding steroid dienone is 2. The SMILES string of the molecule is Cn1ccc(S(=O)(=O)N2CCC3=CC(Nc4ccc(F)cc4)=C(C=N)C[C@]3(C(=O)c3ccccn3)C2)n1. The lowest BCUT2D eigenvalue weighted by Gasteiger charge is -2.45. The minimum atomic E-state index is -3.96. The zero-order valence-electron chi connectivity index (χ0n) is 20.1. The molecule has 1 atom stereocenters. The normalized spacial score (nSPS) is 20.2. The van der Waals surface area contributed by atoms with Crippen molar-refractivity contribution in [2.75, 3.05) is 18.4 Å². The van der Waals surface area contributed by atoms with Crippen molar-refractivity contribution in [1.29, 1.82) is 5.41 Å². The Morgan fingerprint density at radius 3 is 2.62 bits per heavy atom. The summed E-state index contributed by atoms with van der Waals surface area (Å²) in [5.74, 6) is -0.671. The van der Waals surface area contributed by atoms with E-state index in [2.05, 4.69) is 15.4 Å². The predicted octanol–water partition coefficient (Wildman–Crippen LogP) is 3.56. The highest BCUT2D eigenvalue weighted by Crippen LogP contribution is 2.47. The van der Waals surface area contributed by atoms with Gasteiger partial charge in [-0.15, -0.1) is 0 Å². The van der Waals surface area contributed by atoms with Crippen LogP contribution in [0.3, 0.4) is 0 Å². The molecule has 0 radical (unpaired) electrons. The summed E-state index contributed by atoms with van der Waals surface area (Å²) >= 11 is 0. The van der Waals surface area contributed by atoms with E-state index in [0.29, 0.717) is 23.4 Å². The van der Waals surface area contributed by atoms with Crippen molar-refractivity contribution in [2.45, 2.75) is 17.9 Å². The fraction of sp³-hybridized carbons (Fsp3) is 0.231. The number of pyridine rings is 1. The number of carbonyl (C=O) groups is 1. The summed E-state index contributed by atoms with van der Waals surface area (Å²) in [6, 6.07) is 12.3. The number of fused-ring (bicyclic) bond motifs is 1. The predicted molar refractivity (Wildman–Crippen MR) is 136 cm³/mol. The number of piperidine rings is 1. The molecule has 3 aromatic rings. The second-order valence-electron chi connectivity index (χ2n) is 9.10. The molecule has 1 aliphatic carbocycles. The lowest BCUT2D eigenvalue weighted by atomic mass is 9.65. The average Bonchev–Trinajstić information content (AvgIpc) is 3.36. The molecule has 0 amide bonds. The van der Waals surface area contributed by atoms with Crippen LogP contribution in [0.25, 0.3) is 0 Å². The summed E-state index contributed by atoms with van der Waals surface area (Å²) < 4.78 is 43.0. The summed E-state index contributed by atoms with van der Waals surface area (Å²) in [7, 11) is -2.32. The lowest BCUT2D eigenvalue weighted by Crippen LogP contribution is -2.52. The maximum atomic E-state index is 14.0. The van der Waals surface area contributed by atoms with Crippen molar-refractivity contribution in [1.82, 2.24) is 19.1 Å². The maximum absolute atomic E-state index is 14.0. The van der Waals surface area contributed by atoms with Gasteiger partial charge in [0.2, 0.25) is 0 Å². The zero-order chi connectivity index (χ0) is 26.2. The Labute approximate surface area is 213 Å². The number of hydrogen-bond acceptors (Lipinski definition) is 7. The summed E-state index contributed by atoms with van der Waals surface area (Å²) in [4.78, 5) is 18.3. The molecule has 2 N–H and O–H groups in total. The fourth-order valence-electron chi connectivity index (χ4n) is 4.88. The first-order valence-electron chi connectivity index (χ1n) is 11.7. The van der Waals surface area contributed by atoms with Gasteiger partial charge in [0.1, 0.15) is 11.5 Å². The Morgan fingerprint density at radius 1 is 1.19 bits per heavy atom. The van der Waals surface area contributed by atoms with Gasteiger partial charge in [-0.05, 0) is 67.0 Å². The number of aromatic nitrogens is 3. The number of benzene rings is 1. The van der Waals surface area contributed by atoms with Gasteiger partial charge in [-0.3, -0.25) is 14.5 Å². The van der Waals surface area contributed by atoms with Gasteiger partial charge < -0.3 is 10.7 Å². The van der Waals surface area contributed by atoms with Crippen molar-refractivity contribution in [3.8, 4) is 0 Å². The van der Waals surface area contributed by atoms with Gasteiger partial charge >= 0.3 is 0 Å². The molecule has 9 nitrogen and oxygen atoms in total. The molecule has 11 heteroatoms. The van der Waals surface area contributed by atoms with Crippen molar-refractivity contribution < 1.29 is 17.6 Å². The van der Waals surface area contributed by atoms with Crippen LogP contribution >= 0.6 is 0 Å². The zero-order valence-corrected chi connectivity index (χ0v) is 20.9. The molecule has 5 rings (SSSR count). The number of nitrogens with one attached hydrogen (secondary N) is 2. The third-order valence-corrected chi connectivity index (χ3v) is 8.51. The Hall–Kier alpha value is -3.96. The topological polar surface area (TPSA) is 121 Å². The molecule has 2 aliphatic rings. The molecule has 1 fully saturated rings. The molecule has 0 spiro atoms. The number of carbonyl (C=O) groups excluding carboxylic acids is 1. The quantitative estimate of drug-likeness (QED) is 0.363. The Balaban J connectivity index is 1.57. The minimum Gasteiger partial charge on any atom is -0.355 e. The van der Waals surface area contributed by atoms with Crippen molar-refractivity contribution >= 4 is 27.7 Å². The van der Waals surface area contributed by atoms with Gasteiger partial charge in [0, 0.05) is 50.1 Å². The van der Waals surface area contributed by atoms with Gasteiger partial charge in [0.05, 0.1) is 5.41 Å². The standard InChI is InChI=1S/C26H25FN6O3S/c1-32-12-10-24(31-32)37(35,36)33-13-9-19-14-23(30-21-7-5-20(27)6-8-21)18(16-28)15-26(19,17-33)25(34)22-4-2-3-11-29-22/h2-8,10-12,14,16,28,30H,9,13,15,17H2,1H3/t26-/m0/s1. The van der Waals surface area contributed by atoms with Gasteiger partial charge in [-0.25, -0.2) is 12.8 Å². The third-order valence-electron chi connectivity index (χ3n) is 6.77. The molecule has 0 saturated carbocycles. The van der Waals surface area contributed by atoms with Gasteiger partial charge in [0.15, 0.2) is 10.8 Å². The number of Topliss-reactive ketones (excluding diaryl/α,β-unsaturated/α-hetero) is 1. The van der Waals surface area contributed by atoms with Crippen LogP contribution in [0.5, 0.6) is 0 Å². The largest absolute Gasteiger partial charge is 0.355 e. The molecule has 2 aromatic heterocycles. The Kier molecular flexibility index (Phi) is 6.34. The molecular formula is C26H25FN6O3S. The molecule has 0 bridgehead atoms. The first-order chi connectivity index (χ1) is 17.7. The molecular weight excluding hydrogens is 495 g/mol. The number of nitrogens with zero attached hydrogens (tertiary/aromatic N) is 4. The van der Waals surface area contributed by atoms with Crippen LogP contribution in [0.2, 0.25) is 0 Å². The second kappa shape index (κ2) is 9.49. The number of anilines is 1. The molecule has 1 aliphatic heterocycles. The van der Waals surface area contributed by atoms with Gasteiger partial charge in [-0.1, -0.05) is 11.6 Å². The van der Waals surface area contributed by atoms with Crippen molar-refractivity contribution in [3.05, 3.63) is 95.4 Å². The molecule has 3 heterocycles. The first kappa shape index (κ1) is 24.7. The summed E-state index contributed by atoms with van der Waals surface area (Å²) in [6.07, 6.45) is 6.48. The van der Waals surface area contributed by atoms with Crippen LogP contribution in [0, 0.1) is 16.6 Å². The van der Waals surface area contributed by atoms with Crippen LogP contribution in [-0.2, 0) is 17.1 Å². The third kappa shape index (κ3) is 4.51. The van der Waals surface area contributed by atoms with E-state index in [1.54, 1.807) is 43.6 Å². The number of halogens is 1. The van der Waals surface area contributed by atoms with E-state index < -0.39 is 15.4 Å². The highest BCUT2D eigenvalue weighted by molar-refractivity contribution is 7.89. The van der Waals surface area contributed by atoms with E-state index in [1.165, 1.54) is 39.6 Å². The smallest absolute Gasteiger partial charge is 0.262 e.